The Balaban J connectivity index is 1.73. The van der Waals surface area contributed by atoms with Gasteiger partial charge in [0.15, 0.2) is 0 Å². The first-order valence-electron chi connectivity index (χ1n) is 7.19. The molecule has 0 unspecified atom stereocenters. The summed E-state index contributed by atoms with van der Waals surface area (Å²) in [4.78, 5) is 6.03. The lowest BCUT2D eigenvalue weighted by Crippen LogP contribution is -2.15. The highest BCUT2D eigenvalue weighted by atomic mass is 35.5. The fraction of sp³-hybridized carbons (Fsp3) is 0.438. The van der Waals surface area contributed by atoms with Gasteiger partial charge in [0.25, 0.3) is 0 Å². The molecule has 1 aliphatic carbocycles. The summed E-state index contributed by atoms with van der Waals surface area (Å²) in [6, 6.07) is 8.68. The number of nitrogens with zero attached hydrogens (tertiary/aromatic N) is 1. The van der Waals surface area contributed by atoms with E-state index in [1.807, 2.05) is 18.2 Å². The second-order valence-corrected chi connectivity index (χ2v) is 6.98. The number of ether oxygens (including phenoxy) is 1. The van der Waals surface area contributed by atoms with Crippen molar-refractivity contribution in [2.24, 2.45) is 0 Å². The SMILES string of the molecule is COCc1nc(Cc2cccc(Cl)c2)sc1CNC1CC1. The van der Waals surface area contributed by atoms with Crippen LogP contribution in [0.15, 0.2) is 24.3 Å². The van der Waals surface area contributed by atoms with Crippen molar-refractivity contribution in [3.63, 3.8) is 0 Å². The van der Waals surface area contributed by atoms with E-state index in [2.05, 4.69) is 11.4 Å². The van der Waals surface area contributed by atoms with Crippen LogP contribution in [-0.4, -0.2) is 18.1 Å². The summed E-state index contributed by atoms with van der Waals surface area (Å²) in [6.07, 6.45) is 3.42. The first-order chi connectivity index (χ1) is 10.2. The van der Waals surface area contributed by atoms with Crippen molar-refractivity contribution in [2.45, 2.75) is 38.5 Å². The van der Waals surface area contributed by atoms with Crippen LogP contribution in [0, 0.1) is 0 Å². The Morgan fingerprint density at radius 3 is 3.00 bits per heavy atom. The van der Waals surface area contributed by atoms with Gasteiger partial charge in [0, 0.05) is 36.0 Å². The molecule has 3 nitrogen and oxygen atoms in total. The number of thiazole rings is 1. The quantitative estimate of drug-likeness (QED) is 0.842. The third kappa shape index (κ3) is 4.27. The van der Waals surface area contributed by atoms with E-state index in [-0.39, 0.29) is 0 Å². The van der Waals surface area contributed by atoms with E-state index in [0.717, 1.165) is 28.7 Å². The lowest BCUT2D eigenvalue weighted by Gasteiger charge is -2.02. The topological polar surface area (TPSA) is 34.1 Å². The lowest BCUT2D eigenvalue weighted by molar-refractivity contribution is 0.181. The number of methoxy groups -OCH3 is 1. The van der Waals surface area contributed by atoms with Crippen molar-refractivity contribution >= 4 is 22.9 Å². The molecule has 1 N–H and O–H groups in total. The fourth-order valence-corrected chi connectivity index (χ4v) is 3.52. The van der Waals surface area contributed by atoms with Crippen molar-refractivity contribution in [2.75, 3.05) is 7.11 Å². The summed E-state index contributed by atoms with van der Waals surface area (Å²) in [5.74, 6) is 0. The van der Waals surface area contributed by atoms with Gasteiger partial charge < -0.3 is 10.1 Å². The maximum Gasteiger partial charge on any atom is 0.0976 e. The average molecular weight is 323 g/mol. The summed E-state index contributed by atoms with van der Waals surface area (Å²) < 4.78 is 5.27. The number of halogens is 1. The third-order valence-corrected chi connectivity index (χ3v) is 4.81. The Kier molecular flexibility index (Phi) is 4.91. The molecule has 5 heteroatoms. The molecular weight excluding hydrogens is 304 g/mol. The molecule has 21 heavy (non-hydrogen) atoms. The highest BCUT2D eigenvalue weighted by Crippen LogP contribution is 2.25. The average Bonchev–Trinajstić information content (AvgIpc) is 3.20. The monoisotopic (exact) mass is 322 g/mol. The Morgan fingerprint density at radius 2 is 2.29 bits per heavy atom. The molecule has 1 fully saturated rings. The van der Waals surface area contributed by atoms with Crippen molar-refractivity contribution in [1.82, 2.24) is 10.3 Å². The molecule has 1 heterocycles. The molecule has 0 spiro atoms. The van der Waals surface area contributed by atoms with Crippen LogP contribution in [0.25, 0.3) is 0 Å². The number of hydrogen-bond acceptors (Lipinski definition) is 4. The van der Waals surface area contributed by atoms with Crippen LogP contribution < -0.4 is 5.32 Å². The van der Waals surface area contributed by atoms with Crippen LogP contribution in [-0.2, 0) is 24.3 Å². The predicted octanol–water partition coefficient (Wildman–Crippen LogP) is 3.79. The van der Waals surface area contributed by atoms with Gasteiger partial charge in [0.2, 0.25) is 0 Å². The molecule has 1 aromatic heterocycles. The highest BCUT2D eigenvalue weighted by molar-refractivity contribution is 7.11. The summed E-state index contributed by atoms with van der Waals surface area (Å²) in [5.41, 5.74) is 2.26. The standard InChI is InChI=1S/C16H19ClN2OS/c1-20-10-14-15(9-18-13-5-6-13)21-16(19-14)8-11-3-2-4-12(17)7-11/h2-4,7,13,18H,5-6,8-10H2,1H3. The van der Waals surface area contributed by atoms with E-state index in [9.17, 15) is 0 Å². The van der Waals surface area contributed by atoms with Gasteiger partial charge in [0.05, 0.1) is 17.3 Å². The highest BCUT2D eigenvalue weighted by Gasteiger charge is 2.21. The van der Waals surface area contributed by atoms with E-state index in [4.69, 9.17) is 21.3 Å². The maximum absolute atomic E-state index is 6.04. The van der Waals surface area contributed by atoms with Crippen LogP contribution in [0.3, 0.4) is 0 Å². The largest absolute Gasteiger partial charge is 0.378 e. The maximum atomic E-state index is 6.04. The molecule has 1 aromatic carbocycles. The molecule has 2 aromatic rings. The molecule has 0 aliphatic heterocycles. The molecule has 1 aliphatic rings. The van der Waals surface area contributed by atoms with Crippen LogP contribution >= 0.6 is 22.9 Å². The number of nitrogens with one attached hydrogen (secondary N) is 1. The van der Waals surface area contributed by atoms with Gasteiger partial charge in [-0.1, -0.05) is 23.7 Å². The summed E-state index contributed by atoms with van der Waals surface area (Å²) in [5, 5.41) is 5.45. The van der Waals surface area contributed by atoms with E-state index in [1.54, 1.807) is 18.4 Å². The van der Waals surface area contributed by atoms with E-state index in [0.29, 0.717) is 12.6 Å². The molecule has 0 radical (unpaired) electrons. The van der Waals surface area contributed by atoms with Gasteiger partial charge in [0.1, 0.15) is 0 Å². The Hall–Kier alpha value is -0.940. The van der Waals surface area contributed by atoms with Crippen molar-refractivity contribution in [3.05, 3.63) is 50.4 Å². The van der Waals surface area contributed by atoms with Crippen LogP contribution in [0.1, 0.15) is 34.0 Å². The Labute approximate surface area is 134 Å². The van der Waals surface area contributed by atoms with Gasteiger partial charge >= 0.3 is 0 Å². The first kappa shape index (κ1) is 15.0. The third-order valence-electron chi connectivity index (χ3n) is 3.48. The second-order valence-electron chi connectivity index (χ2n) is 5.37. The minimum atomic E-state index is 0.577. The zero-order chi connectivity index (χ0) is 14.7. The molecule has 0 atom stereocenters. The van der Waals surface area contributed by atoms with Gasteiger partial charge in [-0.2, -0.15) is 0 Å². The molecule has 0 saturated heterocycles. The molecule has 0 bridgehead atoms. The molecule has 1 saturated carbocycles. The number of rotatable bonds is 7. The Bertz CT molecular complexity index is 610. The minimum absolute atomic E-state index is 0.577. The van der Waals surface area contributed by atoms with Crippen molar-refractivity contribution in [1.29, 1.82) is 0 Å². The van der Waals surface area contributed by atoms with Crippen LogP contribution in [0.2, 0.25) is 5.02 Å². The molecule has 112 valence electrons. The lowest BCUT2D eigenvalue weighted by atomic mass is 10.2. The van der Waals surface area contributed by atoms with E-state index < -0.39 is 0 Å². The number of benzene rings is 1. The van der Waals surface area contributed by atoms with Gasteiger partial charge in [-0.15, -0.1) is 11.3 Å². The minimum Gasteiger partial charge on any atom is -0.378 e. The summed E-state index contributed by atoms with van der Waals surface area (Å²) >= 11 is 7.81. The smallest absolute Gasteiger partial charge is 0.0976 e. The Morgan fingerprint density at radius 1 is 1.43 bits per heavy atom. The second kappa shape index (κ2) is 6.88. The van der Waals surface area contributed by atoms with Crippen molar-refractivity contribution in [3.8, 4) is 0 Å². The molecular formula is C16H19ClN2OS. The van der Waals surface area contributed by atoms with E-state index >= 15 is 0 Å². The number of aromatic nitrogens is 1. The molecule has 0 amide bonds. The van der Waals surface area contributed by atoms with Crippen LogP contribution in [0.4, 0.5) is 0 Å². The van der Waals surface area contributed by atoms with Crippen LogP contribution in [0.5, 0.6) is 0 Å². The summed E-state index contributed by atoms with van der Waals surface area (Å²) in [7, 11) is 1.72. The zero-order valence-electron chi connectivity index (χ0n) is 12.1. The molecule has 3 rings (SSSR count). The van der Waals surface area contributed by atoms with Crippen molar-refractivity contribution < 1.29 is 4.74 Å². The normalized spacial score (nSPS) is 14.6. The summed E-state index contributed by atoms with van der Waals surface area (Å²) in [6.45, 7) is 1.48. The predicted molar refractivity (Wildman–Crippen MR) is 86.9 cm³/mol. The zero-order valence-corrected chi connectivity index (χ0v) is 13.6. The van der Waals surface area contributed by atoms with Gasteiger partial charge in [-0.25, -0.2) is 4.98 Å². The van der Waals surface area contributed by atoms with E-state index in [1.165, 1.54) is 23.3 Å². The number of hydrogen-bond donors (Lipinski definition) is 1. The van der Waals surface area contributed by atoms with Gasteiger partial charge in [-0.05, 0) is 30.5 Å². The fourth-order valence-electron chi connectivity index (χ4n) is 2.25. The van der Waals surface area contributed by atoms with Gasteiger partial charge in [-0.3, -0.25) is 0 Å². The first-order valence-corrected chi connectivity index (χ1v) is 8.38.